The highest BCUT2D eigenvalue weighted by Gasteiger charge is 2.55. The molecule has 2 aromatic rings. The minimum Gasteiger partial charge on any atom is -0.329 e. The van der Waals surface area contributed by atoms with E-state index in [0.717, 1.165) is 6.07 Å². The molecule has 0 atom stereocenters. The van der Waals surface area contributed by atoms with Crippen molar-refractivity contribution in [2.24, 2.45) is 0 Å². The Hall–Kier alpha value is -2.12. The molecule has 13 heteroatoms. The lowest BCUT2D eigenvalue weighted by molar-refractivity contribution is -0.888. The van der Waals surface area contributed by atoms with Crippen LogP contribution in [0.3, 0.4) is 0 Å². The highest BCUT2D eigenvalue weighted by atomic mass is 32.2. The molecule has 0 amide bonds. The molecule has 0 aliphatic heterocycles. The van der Waals surface area contributed by atoms with Gasteiger partial charge in [-0.15, -0.1) is 0 Å². The molecular weight excluding hydrogens is 592 g/mol. The minimum atomic E-state index is -6.37. The largest absolute Gasteiger partial charge is 0.501 e. The molecule has 0 saturated heterocycles. The van der Waals surface area contributed by atoms with Crippen molar-refractivity contribution < 1.29 is 47.7 Å². The lowest BCUT2D eigenvalue weighted by Gasteiger charge is -2.28. The van der Waals surface area contributed by atoms with Gasteiger partial charge in [0.25, 0.3) is 19.7 Å². The second kappa shape index (κ2) is 13.5. The molecule has 0 aromatic heterocycles. The van der Waals surface area contributed by atoms with Gasteiger partial charge in [0, 0.05) is 6.42 Å². The molecule has 0 spiro atoms. The van der Waals surface area contributed by atoms with E-state index in [9.17, 15) is 43.2 Å². The van der Waals surface area contributed by atoms with Crippen molar-refractivity contribution in [3.8, 4) is 11.1 Å². The van der Waals surface area contributed by atoms with Gasteiger partial charge in [0.15, 0.2) is 0 Å². The number of hydrogen-bond acceptors (Lipinski definition) is 4. The number of sulfone groups is 2. The second-order valence-corrected chi connectivity index (χ2v) is 14.5. The van der Waals surface area contributed by atoms with E-state index in [1.807, 2.05) is 0 Å². The fourth-order valence-electron chi connectivity index (χ4n) is 4.56. The molecule has 232 valence electrons. The van der Waals surface area contributed by atoms with E-state index in [0.29, 0.717) is 11.1 Å². The van der Waals surface area contributed by atoms with Crippen LogP contribution in [0.15, 0.2) is 46.2 Å². The van der Waals surface area contributed by atoms with E-state index >= 15 is 0 Å². The molecule has 1 aliphatic rings. The average Bonchev–Trinajstić information content (AvgIpc) is 3.25. The smallest absolute Gasteiger partial charge is 0.329 e. The zero-order chi connectivity index (χ0) is 31.3. The van der Waals surface area contributed by atoms with Crippen molar-refractivity contribution in [2.75, 3.05) is 27.2 Å². The van der Waals surface area contributed by atoms with Crippen molar-refractivity contribution in [2.45, 2.75) is 86.0 Å². The van der Waals surface area contributed by atoms with Crippen LogP contribution >= 0.6 is 0 Å². The first-order valence-corrected chi connectivity index (χ1v) is 16.5. The van der Waals surface area contributed by atoms with Crippen LogP contribution < -0.4 is 0 Å². The van der Waals surface area contributed by atoms with Gasteiger partial charge in [0.2, 0.25) is 0 Å². The summed E-state index contributed by atoms with van der Waals surface area (Å²) in [5, 5.41) is 0. The van der Waals surface area contributed by atoms with E-state index in [1.54, 1.807) is 0 Å². The minimum absolute atomic E-state index is 0.0606. The Balaban J connectivity index is 0.000000357. The molecule has 0 fully saturated rings. The lowest BCUT2D eigenvalue weighted by atomic mass is 10.1. The standard InChI is InChI=1S/C15H8F6O4S2.C13H30N/c16-14(17,18)26(22,23)12-6-5-10-9-4-2-1-3-8(9)7-11(10)13(12)27(24,25)15(19,20)21;1-5-7-8-9-10-11-12-13-14(3,4)6-2/h1-6H,7H2;5-13H2,1-4H3/q;+1. The number of quaternary nitrogens is 1. The third kappa shape index (κ3) is 8.25. The number of fused-ring (bicyclic) bond motifs is 3. The highest BCUT2D eigenvalue weighted by molar-refractivity contribution is 7.95. The van der Waals surface area contributed by atoms with Gasteiger partial charge in [-0.3, -0.25) is 0 Å². The molecule has 2 aromatic carbocycles. The van der Waals surface area contributed by atoms with Gasteiger partial charge in [0.05, 0.1) is 37.0 Å². The molecule has 0 heterocycles. The Morgan fingerprint density at radius 3 is 1.78 bits per heavy atom. The van der Waals surface area contributed by atoms with E-state index in [1.165, 1.54) is 86.8 Å². The summed E-state index contributed by atoms with van der Waals surface area (Å²) in [6, 6.07) is 7.06. The summed E-state index contributed by atoms with van der Waals surface area (Å²) in [6.45, 7) is 7.17. The molecule has 0 N–H and O–H groups in total. The normalized spacial score (nSPS) is 13.8. The van der Waals surface area contributed by atoms with Crippen LogP contribution in [-0.4, -0.2) is 59.5 Å². The fraction of sp³-hybridized carbons (Fsp3) is 0.571. The van der Waals surface area contributed by atoms with E-state index in [2.05, 4.69) is 27.9 Å². The number of nitrogens with zero attached hydrogens (tertiary/aromatic N) is 1. The quantitative estimate of drug-likeness (QED) is 0.124. The van der Waals surface area contributed by atoms with Crippen molar-refractivity contribution in [1.29, 1.82) is 0 Å². The summed E-state index contributed by atoms with van der Waals surface area (Å²) in [4.78, 5) is -3.81. The Morgan fingerprint density at radius 1 is 0.707 bits per heavy atom. The van der Waals surface area contributed by atoms with E-state index < -0.39 is 52.5 Å². The summed E-state index contributed by atoms with van der Waals surface area (Å²) in [5.41, 5.74) is -11.9. The Morgan fingerprint density at radius 2 is 1.24 bits per heavy atom. The first-order chi connectivity index (χ1) is 18.8. The first-order valence-electron chi connectivity index (χ1n) is 13.5. The summed E-state index contributed by atoms with van der Waals surface area (Å²) in [6.07, 6.45) is 9.53. The monoisotopic (exact) mass is 630 g/mol. The van der Waals surface area contributed by atoms with Crippen LogP contribution in [-0.2, 0) is 26.1 Å². The maximum atomic E-state index is 13.1. The summed E-state index contributed by atoms with van der Waals surface area (Å²) < 4.78 is 127. The van der Waals surface area contributed by atoms with Crippen molar-refractivity contribution in [3.63, 3.8) is 0 Å². The van der Waals surface area contributed by atoms with Crippen molar-refractivity contribution in [3.05, 3.63) is 47.5 Å². The third-order valence-corrected chi connectivity index (χ3v) is 10.6. The molecule has 41 heavy (non-hydrogen) atoms. The Bertz CT molecular complexity index is 1400. The van der Waals surface area contributed by atoms with Gasteiger partial charge in [-0.1, -0.05) is 69.4 Å². The van der Waals surface area contributed by atoms with Gasteiger partial charge >= 0.3 is 11.0 Å². The van der Waals surface area contributed by atoms with Gasteiger partial charge in [-0.2, -0.15) is 26.3 Å². The van der Waals surface area contributed by atoms with Gasteiger partial charge in [0.1, 0.15) is 0 Å². The number of benzene rings is 2. The number of unbranched alkanes of at least 4 members (excludes halogenated alkanes) is 6. The predicted molar refractivity (Wildman–Crippen MR) is 147 cm³/mol. The van der Waals surface area contributed by atoms with Crippen LogP contribution in [0.5, 0.6) is 0 Å². The average molecular weight is 631 g/mol. The molecular formula is C28H38F6NO4S2+. The zero-order valence-corrected chi connectivity index (χ0v) is 25.3. The van der Waals surface area contributed by atoms with Crippen LogP contribution in [0.2, 0.25) is 0 Å². The predicted octanol–water partition coefficient (Wildman–Crippen LogP) is 7.68. The lowest BCUT2D eigenvalue weighted by Crippen LogP contribution is -2.39. The van der Waals surface area contributed by atoms with Gasteiger partial charge < -0.3 is 4.48 Å². The zero-order valence-electron chi connectivity index (χ0n) is 23.7. The van der Waals surface area contributed by atoms with E-state index in [4.69, 9.17) is 0 Å². The van der Waals surface area contributed by atoms with E-state index in [-0.39, 0.29) is 11.6 Å². The number of hydrogen-bond donors (Lipinski definition) is 0. The van der Waals surface area contributed by atoms with Crippen molar-refractivity contribution >= 4 is 19.7 Å². The summed E-state index contributed by atoms with van der Waals surface area (Å²) in [5.74, 6) is 0. The highest BCUT2D eigenvalue weighted by Crippen LogP contribution is 2.47. The van der Waals surface area contributed by atoms with Crippen LogP contribution in [0.25, 0.3) is 11.1 Å². The number of rotatable bonds is 11. The maximum Gasteiger partial charge on any atom is 0.501 e. The fourth-order valence-corrected chi connectivity index (χ4v) is 7.16. The van der Waals surface area contributed by atoms with Crippen LogP contribution in [0.1, 0.15) is 69.9 Å². The number of alkyl halides is 6. The third-order valence-electron chi connectivity index (χ3n) is 7.29. The van der Waals surface area contributed by atoms with Crippen LogP contribution in [0, 0.1) is 0 Å². The SMILES string of the molecule is CCCCCCCCC[N+](C)(C)CC.O=S(=O)(c1ccc2c(c1S(=O)(=O)C(F)(F)F)Cc1ccccc1-2)C(F)(F)F. The van der Waals surface area contributed by atoms with Crippen molar-refractivity contribution in [1.82, 2.24) is 0 Å². The molecule has 1 aliphatic carbocycles. The maximum absolute atomic E-state index is 13.1. The topological polar surface area (TPSA) is 68.3 Å². The molecule has 0 bridgehead atoms. The van der Waals surface area contributed by atoms with Crippen LogP contribution in [0.4, 0.5) is 26.3 Å². The Labute approximate surface area is 239 Å². The molecule has 0 saturated carbocycles. The Kier molecular flexibility index (Phi) is 11.5. The summed E-state index contributed by atoms with van der Waals surface area (Å²) >= 11 is 0. The van der Waals surface area contributed by atoms with Gasteiger partial charge in [-0.25, -0.2) is 16.8 Å². The van der Waals surface area contributed by atoms with Gasteiger partial charge in [-0.05, 0) is 48.1 Å². The number of halogens is 6. The molecule has 0 unspecified atom stereocenters. The summed E-state index contributed by atoms with van der Waals surface area (Å²) in [7, 11) is -8.05. The molecule has 3 rings (SSSR count). The first kappa shape index (κ1) is 35.1. The second-order valence-electron chi connectivity index (χ2n) is 10.7. The molecule has 0 radical (unpaired) electrons. The molecule has 5 nitrogen and oxygen atoms in total.